The molecule has 1 atom stereocenters. The Morgan fingerprint density at radius 2 is 1.89 bits per heavy atom. The van der Waals surface area contributed by atoms with Crippen LogP contribution < -0.4 is 4.74 Å². The van der Waals surface area contributed by atoms with Gasteiger partial charge >= 0.3 is 0 Å². The Hall–Kier alpha value is -1.04. The summed E-state index contributed by atoms with van der Waals surface area (Å²) in [7, 11) is 1.64. The van der Waals surface area contributed by atoms with E-state index < -0.39 is 11.4 Å². The fourth-order valence-electron chi connectivity index (χ4n) is 1.21. The van der Waals surface area contributed by atoms with Crippen molar-refractivity contribution >= 4 is 17.6 Å². The summed E-state index contributed by atoms with van der Waals surface area (Å²) < 4.78 is 25.7. The highest BCUT2D eigenvalue weighted by molar-refractivity contribution is 7.91. The summed E-state index contributed by atoms with van der Waals surface area (Å²) in [5.74, 6) is 0.825. The molecule has 0 fully saturated rings. The van der Waals surface area contributed by atoms with Crippen molar-refractivity contribution in [1.29, 1.82) is 0 Å². The third-order valence-corrected chi connectivity index (χ3v) is 3.70. The summed E-state index contributed by atoms with van der Waals surface area (Å²) in [6.07, 6.45) is 1.56. The molecule has 0 amide bonds. The highest BCUT2D eigenvalue weighted by atomic mass is 32.2. The van der Waals surface area contributed by atoms with Gasteiger partial charge in [0.1, 0.15) is 21.9 Å². The van der Waals surface area contributed by atoms with Crippen LogP contribution in [0.15, 0.2) is 28.7 Å². The lowest BCUT2D eigenvalue weighted by Gasteiger charge is -2.17. The maximum atomic E-state index is 11.6. The molecule has 4 nitrogen and oxygen atoms in total. The van der Waals surface area contributed by atoms with E-state index in [4.69, 9.17) is 9.47 Å². The molecule has 5 heteroatoms. The van der Waals surface area contributed by atoms with Gasteiger partial charge in [0, 0.05) is 0 Å². The normalized spacial score (nSPS) is 13.7. The standard InChI is InChI=1S/C14H21NO3S/c1-14(2,3)19(16)15-9-10-18-11-12-5-7-13(17-4)8-6-12/h5-9H,10-11H2,1-4H3/b15-9+. The Morgan fingerprint density at radius 3 is 2.42 bits per heavy atom. The van der Waals surface area contributed by atoms with Crippen LogP contribution in [0.4, 0.5) is 0 Å². The maximum Gasteiger partial charge on any atom is 0.144 e. The van der Waals surface area contributed by atoms with Crippen LogP contribution in [0.2, 0.25) is 0 Å². The lowest BCUT2D eigenvalue weighted by atomic mass is 10.2. The summed E-state index contributed by atoms with van der Waals surface area (Å²) in [5.41, 5.74) is 1.06. The molecule has 1 aromatic rings. The van der Waals surface area contributed by atoms with Gasteiger partial charge in [0.25, 0.3) is 0 Å². The van der Waals surface area contributed by atoms with E-state index in [1.54, 1.807) is 13.3 Å². The van der Waals surface area contributed by atoms with Gasteiger partial charge < -0.3 is 14.0 Å². The monoisotopic (exact) mass is 283 g/mol. The molecule has 1 aromatic carbocycles. The van der Waals surface area contributed by atoms with Crippen molar-refractivity contribution < 1.29 is 14.0 Å². The quantitative estimate of drug-likeness (QED) is 0.458. The van der Waals surface area contributed by atoms with E-state index >= 15 is 0 Å². The zero-order chi connectivity index (χ0) is 14.3. The fourth-order valence-corrected chi connectivity index (χ4v) is 1.72. The minimum absolute atomic E-state index is 0.327. The minimum Gasteiger partial charge on any atom is -0.591 e. The van der Waals surface area contributed by atoms with Crippen molar-refractivity contribution in [3.05, 3.63) is 29.8 Å². The molecule has 1 rings (SSSR count). The zero-order valence-electron chi connectivity index (χ0n) is 11.9. The van der Waals surface area contributed by atoms with Crippen molar-refractivity contribution in [2.75, 3.05) is 13.7 Å². The topological polar surface area (TPSA) is 53.9 Å². The SMILES string of the molecule is COc1ccc(COC/C=N/[S+]([O-])C(C)(C)C)cc1. The molecule has 0 aliphatic heterocycles. The minimum atomic E-state index is -1.22. The van der Waals surface area contributed by atoms with E-state index in [0.717, 1.165) is 11.3 Å². The number of hydrogen-bond acceptors (Lipinski definition) is 4. The van der Waals surface area contributed by atoms with Crippen molar-refractivity contribution in [3.63, 3.8) is 0 Å². The smallest absolute Gasteiger partial charge is 0.144 e. The Morgan fingerprint density at radius 1 is 1.26 bits per heavy atom. The summed E-state index contributed by atoms with van der Waals surface area (Å²) in [4.78, 5) is 0. The van der Waals surface area contributed by atoms with E-state index in [2.05, 4.69) is 4.40 Å². The summed E-state index contributed by atoms with van der Waals surface area (Å²) in [6, 6.07) is 7.68. The van der Waals surface area contributed by atoms with Crippen LogP contribution in [-0.4, -0.2) is 29.2 Å². The molecule has 0 N–H and O–H groups in total. The second-order valence-electron chi connectivity index (χ2n) is 5.01. The van der Waals surface area contributed by atoms with Crippen LogP contribution in [0.25, 0.3) is 0 Å². The first-order chi connectivity index (χ1) is 8.93. The molecular formula is C14H21NO3S. The third kappa shape index (κ3) is 6.09. The molecule has 0 aliphatic rings. The van der Waals surface area contributed by atoms with E-state index in [0.29, 0.717) is 13.2 Å². The Kier molecular flexibility index (Phi) is 6.34. The number of nitrogens with zero attached hydrogens (tertiary/aromatic N) is 1. The average Bonchev–Trinajstić information content (AvgIpc) is 2.37. The zero-order valence-corrected chi connectivity index (χ0v) is 12.7. The Labute approximate surface area is 118 Å². The first kappa shape index (κ1) is 16.0. The summed E-state index contributed by atoms with van der Waals surface area (Å²) in [6.45, 7) is 6.52. The molecule has 0 saturated carbocycles. The average molecular weight is 283 g/mol. The van der Waals surface area contributed by atoms with Crippen molar-refractivity contribution in [2.45, 2.75) is 32.1 Å². The highest BCUT2D eigenvalue weighted by Crippen LogP contribution is 2.16. The highest BCUT2D eigenvalue weighted by Gasteiger charge is 2.25. The van der Waals surface area contributed by atoms with Crippen LogP contribution >= 0.6 is 0 Å². The van der Waals surface area contributed by atoms with Crippen LogP contribution in [0.3, 0.4) is 0 Å². The number of benzene rings is 1. The van der Waals surface area contributed by atoms with Gasteiger partial charge in [-0.3, -0.25) is 0 Å². The van der Waals surface area contributed by atoms with Crippen LogP contribution in [0.1, 0.15) is 26.3 Å². The van der Waals surface area contributed by atoms with E-state index in [9.17, 15) is 4.55 Å². The summed E-state index contributed by atoms with van der Waals surface area (Å²) in [5, 5.41) is 0. The molecule has 0 bridgehead atoms. The molecule has 0 saturated heterocycles. The summed E-state index contributed by atoms with van der Waals surface area (Å²) >= 11 is -1.22. The van der Waals surface area contributed by atoms with E-state index in [1.165, 1.54) is 0 Å². The largest absolute Gasteiger partial charge is 0.591 e. The van der Waals surface area contributed by atoms with Gasteiger partial charge in [-0.15, -0.1) is 0 Å². The Balaban J connectivity index is 2.28. The second-order valence-corrected chi connectivity index (χ2v) is 6.95. The van der Waals surface area contributed by atoms with Crippen molar-refractivity contribution in [1.82, 2.24) is 0 Å². The molecule has 0 spiro atoms. The molecular weight excluding hydrogens is 262 g/mol. The second kappa shape index (κ2) is 7.53. The molecule has 0 aromatic heterocycles. The molecule has 0 radical (unpaired) electrons. The Bertz CT molecular complexity index is 398. The number of methoxy groups -OCH3 is 1. The van der Waals surface area contributed by atoms with Gasteiger partial charge in [0.15, 0.2) is 0 Å². The molecule has 106 valence electrons. The third-order valence-electron chi connectivity index (χ3n) is 2.31. The van der Waals surface area contributed by atoms with Crippen LogP contribution in [0, 0.1) is 0 Å². The number of rotatable bonds is 6. The first-order valence-corrected chi connectivity index (χ1v) is 7.19. The van der Waals surface area contributed by atoms with Gasteiger partial charge in [0.05, 0.1) is 26.5 Å². The molecule has 0 aliphatic carbocycles. The first-order valence-electron chi connectivity index (χ1n) is 6.08. The van der Waals surface area contributed by atoms with Crippen LogP contribution in [-0.2, 0) is 22.7 Å². The van der Waals surface area contributed by atoms with Crippen LogP contribution in [0.5, 0.6) is 5.75 Å². The number of hydrogen-bond donors (Lipinski definition) is 0. The molecule has 0 heterocycles. The predicted molar refractivity (Wildman–Crippen MR) is 79.0 cm³/mol. The predicted octanol–water partition coefficient (Wildman–Crippen LogP) is 2.74. The molecule has 19 heavy (non-hydrogen) atoms. The van der Waals surface area contributed by atoms with Gasteiger partial charge in [-0.25, -0.2) is 0 Å². The van der Waals surface area contributed by atoms with Gasteiger partial charge in [-0.1, -0.05) is 16.5 Å². The number of ether oxygens (including phenoxy) is 2. The van der Waals surface area contributed by atoms with Crippen molar-refractivity contribution in [3.8, 4) is 5.75 Å². The molecule has 1 unspecified atom stereocenters. The van der Waals surface area contributed by atoms with Gasteiger partial charge in [-0.2, -0.15) is 0 Å². The maximum absolute atomic E-state index is 11.6. The van der Waals surface area contributed by atoms with Crippen molar-refractivity contribution in [2.24, 2.45) is 4.40 Å². The van der Waals surface area contributed by atoms with Gasteiger partial charge in [-0.05, 0) is 38.5 Å². The van der Waals surface area contributed by atoms with E-state index in [1.807, 2.05) is 45.0 Å². The lowest BCUT2D eigenvalue weighted by molar-refractivity contribution is 0.160. The van der Waals surface area contributed by atoms with E-state index in [-0.39, 0.29) is 4.75 Å². The van der Waals surface area contributed by atoms with Gasteiger partial charge in [0.2, 0.25) is 0 Å². The lowest BCUT2D eigenvalue weighted by Crippen LogP contribution is -2.26. The fraction of sp³-hybridized carbons (Fsp3) is 0.500.